The molecule has 0 radical (unpaired) electrons. The van der Waals surface area contributed by atoms with Gasteiger partial charge in [0.05, 0.1) is 0 Å². The molecule has 11 heteroatoms. The number of hydrogen-bond donors (Lipinski definition) is 0. The molecule has 1 aliphatic heterocycles. The summed E-state index contributed by atoms with van der Waals surface area (Å²) in [5.41, 5.74) is 0.239. The lowest BCUT2D eigenvalue weighted by Gasteiger charge is -2.34. The maximum atomic E-state index is 12.3. The lowest BCUT2D eigenvalue weighted by Crippen LogP contribution is -2.49. The van der Waals surface area contributed by atoms with E-state index in [4.69, 9.17) is 9.68 Å². The van der Waals surface area contributed by atoms with Gasteiger partial charge in [-0.3, -0.25) is 4.79 Å². The number of nitro groups is 1. The Hall–Kier alpha value is -3.42. The molecule has 0 N–H and O–H groups in total. The molecule has 3 rings (SSSR count). The number of nitrogens with zero attached hydrogens (tertiary/aromatic N) is 7. The topological polar surface area (TPSA) is 134 Å². The van der Waals surface area contributed by atoms with Gasteiger partial charge >= 0.3 is 5.82 Å². The summed E-state index contributed by atoms with van der Waals surface area (Å²) in [6, 6.07) is 2.00. The molecular formula is C14H15N7O4. The first-order valence-electron chi connectivity index (χ1n) is 7.54. The molecule has 1 saturated heterocycles. The second kappa shape index (κ2) is 6.60. The number of rotatable bonds is 4. The van der Waals surface area contributed by atoms with Crippen LogP contribution < -0.4 is 4.90 Å². The Morgan fingerprint density at radius 1 is 1.44 bits per heavy atom. The van der Waals surface area contributed by atoms with Crippen LogP contribution in [-0.2, 0) is 11.3 Å². The van der Waals surface area contributed by atoms with Gasteiger partial charge in [-0.05, 0) is 9.91 Å². The van der Waals surface area contributed by atoms with Crippen LogP contribution in [0.15, 0.2) is 16.9 Å². The van der Waals surface area contributed by atoms with Crippen molar-refractivity contribution < 1.29 is 14.1 Å². The maximum Gasteiger partial charge on any atom is 0.381 e. The molecule has 0 aliphatic carbocycles. The van der Waals surface area contributed by atoms with Gasteiger partial charge in [-0.15, -0.1) is 0 Å². The van der Waals surface area contributed by atoms with Crippen LogP contribution in [0.3, 0.4) is 0 Å². The van der Waals surface area contributed by atoms with Crippen molar-refractivity contribution in [3.8, 4) is 6.07 Å². The van der Waals surface area contributed by atoms with Crippen LogP contribution in [0.4, 0.5) is 11.7 Å². The number of carbonyl (C=O) groups is 1. The number of aromatic nitrogens is 3. The average molecular weight is 345 g/mol. The molecule has 0 bridgehead atoms. The van der Waals surface area contributed by atoms with Crippen LogP contribution in [0.2, 0.25) is 0 Å². The van der Waals surface area contributed by atoms with Crippen molar-refractivity contribution in [2.75, 3.05) is 31.1 Å². The molecule has 3 heterocycles. The molecule has 25 heavy (non-hydrogen) atoms. The molecule has 0 spiro atoms. The Labute approximate surface area is 142 Å². The van der Waals surface area contributed by atoms with Crippen LogP contribution in [0, 0.1) is 28.4 Å². The lowest BCUT2D eigenvalue weighted by atomic mass is 10.3. The van der Waals surface area contributed by atoms with E-state index in [2.05, 4.69) is 9.97 Å². The van der Waals surface area contributed by atoms with E-state index in [1.165, 1.54) is 17.1 Å². The van der Waals surface area contributed by atoms with Gasteiger partial charge < -0.3 is 28.9 Å². The van der Waals surface area contributed by atoms with E-state index in [1.807, 2.05) is 11.0 Å². The molecule has 2 aromatic rings. The number of amides is 1. The third kappa shape index (κ3) is 3.42. The standard InChI is InChI=1S/C14H15N7O4/c1-10-17-11(6-15)14(25-10)20-4-2-19(3-5-20)13(22)8-18-7-12(16-9-18)21(23)24/h7,9H,2-5,8H2,1H3. The molecule has 130 valence electrons. The van der Waals surface area contributed by atoms with Crippen molar-refractivity contribution in [3.63, 3.8) is 0 Å². The monoisotopic (exact) mass is 345 g/mol. The second-order valence-corrected chi connectivity index (χ2v) is 5.53. The van der Waals surface area contributed by atoms with Crippen LogP contribution >= 0.6 is 0 Å². The predicted molar refractivity (Wildman–Crippen MR) is 83.6 cm³/mol. The van der Waals surface area contributed by atoms with Gasteiger partial charge in [0, 0.05) is 33.1 Å². The molecule has 1 aliphatic rings. The Kier molecular flexibility index (Phi) is 4.34. The third-order valence-electron chi connectivity index (χ3n) is 3.87. The number of piperazine rings is 1. The minimum absolute atomic E-state index is 0.00823. The number of oxazole rings is 1. The Morgan fingerprint density at radius 2 is 2.16 bits per heavy atom. The number of hydrogen-bond acceptors (Lipinski definition) is 8. The molecule has 0 unspecified atom stereocenters. The third-order valence-corrected chi connectivity index (χ3v) is 3.87. The lowest BCUT2D eigenvalue weighted by molar-refractivity contribution is -0.389. The quantitative estimate of drug-likeness (QED) is 0.570. The number of nitriles is 1. The Bertz CT molecular complexity index is 842. The van der Waals surface area contributed by atoms with E-state index < -0.39 is 4.92 Å². The van der Waals surface area contributed by atoms with Gasteiger partial charge in [0.25, 0.3) is 0 Å². The summed E-state index contributed by atoms with van der Waals surface area (Å²) in [5, 5.41) is 19.7. The molecule has 0 atom stereocenters. The van der Waals surface area contributed by atoms with Crippen LogP contribution in [0.1, 0.15) is 11.6 Å². The molecule has 2 aromatic heterocycles. The second-order valence-electron chi connectivity index (χ2n) is 5.53. The molecule has 0 saturated carbocycles. The fourth-order valence-electron chi connectivity index (χ4n) is 2.65. The number of carbonyl (C=O) groups excluding carboxylic acids is 1. The smallest absolute Gasteiger partial charge is 0.381 e. The van der Waals surface area contributed by atoms with E-state index in [-0.39, 0.29) is 24.0 Å². The Morgan fingerprint density at radius 3 is 2.76 bits per heavy atom. The first-order valence-corrected chi connectivity index (χ1v) is 7.54. The molecule has 11 nitrogen and oxygen atoms in total. The average Bonchev–Trinajstić information content (AvgIpc) is 3.21. The molecular weight excluding hydrogens is 330 g/mol. The van der Waals surface area contributed by atoms with Gasteiger partial charge in [0.1, 0.15) is 18.8 Å². The van der Waals surface area contributed by atoms with Crippen molar-refractivity contribution in [2.24, 2.45) is 0 Å². The Balaban J connectivity index is 1.59. The maximum absolute atomic E-state index is 12.3. The summed E-state index contributed by atoms with van der Waals surface area (Å²) in [4.78, 5) is 33.5. The summed E-state index contributed by atoms with van der Waals surface area (Å²) in [5.74, 6) is 0.410. The number of anilines is 1. The van der Waals surface area contributed by atoms with Crippen molar-refractivity contribution in [3.05, 3.63) is 34.2 Å². The SMILES string of the molecule is Cc1nc(C#N)c(N2CCN(C(=O)Cn3cnc([N+](=O)[O-])c3)CC2)o1. The highest BCUT2D eigenvalue weighted by Crippen LogP contribution is 2.22. The highest BCUT2D eigenvalue weighted by Gasteiger charge is 2.26. The zero-order chi connectivity index (χ0) is 18.0. The van der Waals surface area contributed by atoms with Crippen molar-refractivity contribution >= 4 is 17.6 Å². The van der Waals surface area contributed by atoms with Gasteiger partial charge in [-0.1, -0.05) is 0 Å². The van der Waals surface area contributed by atoms with E-state index >= 15 is 0 Å². The van der Waals surface area contributed by atoms with Crippen LogP contribution in [0.25, 0.3) is 0 Å². The highest BCUT2D eigenvalue weighted by molar-refractivity contribution is 5.76. The molecule has 1 fully saturated rings. The fourth-order valence-corrected chi connectivity index (χ4v) is 2.65. The largest absolute Gasteiger partial charge is 0.424 e. The van der Waals surface area contributed by atoms with E-state index in [1.54, 1.807) is 11.8 Å². The minimum Gasteiger partial charge on any atom is -0.424 e. The molecule has 1 amide bonds. The number of aryl methyl sites for hydroxylation is 1. The summed E-state index contributed by atoms with van der Waals surface area (Å²) in [7, 11) is 0. The van der Waals surface area contributed by atoms with E-state index in [0.29, 0.717) is 38.0 Å². The zero-order valence-electron chi connectivity index (χ0n) is 13.5. The highest BCUT2D eigenvalue weighted by atomic mass is 16.6. The van der Waals surface area contributed by atoms with Crippen molar-refractivity contribution in [1.29, 1.82) is 5.26 Å². The van der Waals surface area contributed by atoms with Gasteiger partial charge in [-0.25, -0.2) is 4.98 Å². The first kappa shape index (κ1) is 16.4. The van der Waals surface area contributed by atoms with Gasteiger partial charge in [0.2, 0.25) is 23.8 Å². The summed E-state index contributed by atoms with van der Waals surface area (Å²) in [6.45, 7) is 3.61. The van der Waals surface area contributed by atoms with Crippen molar-refractivity contribution in [2.45, 2.75) is 13.5 Å². The normalized spacial score (nSPS) is 14.4. The minimum atomic E-state index is -0.605. The van der Waals surface area contributed by atoms with Gasteiger partial charge in [0.15, 0.2) is 5.89 Å². The van der Waals surface area contributed by atoms with Crippen LogP contribution in [0.5, 0.6) is 0 Å². The van der Waals surface area contributed by atoms with Crippen LogP contribution in [-0.4, -0.2) is 56.4 Å². The predicted octanol–water partition coefficient (Wildman–Crippen LogP) is 0.308. The number of imidazole rings is 1. The zero-order valence-corrected chi connectivity index (χ0v) is 13.5. The summed E-state index contributed by atoms with van der Waals surface area (Å²) >= 11 is 0. The van der Waals surface area contributed by atoms with Crippen molar-refractivity contribution in [1.82, 2.24) is 19.4 Å². The first-order chi connectivity index (χ1) is 12.0. The summed E-state index contributed by atoms with van der Waals surface area (Å²) in [6.07, 6.45) is 2.49. The fraction of sp³-hybridized carbons (Fsp3) is 0.429. The van der Waals surface area contributed by atoms with E-state index in [0.717, 1.165) is 0 Å². The molecule has 0 aromatic carbocycles. The van der Waals surface area contributed by atoms with Gasteiger partial charge in [-0.2, -0.15) is 5.26 Å². The van der Waals surface area contributed by atoms with E-state index in [9.17, 15) is 14.9 Å². The summed E-state index contributed by atoms with van der Waals surface area (Å²) < 4.78 is 6.86.